The Labute approximate surface area is 156 Å². The van der Waals surface area contributed by atoms with E-state index >= 15 is 0 Å². The van der Waals surface area contributed by atoms with Crippen LogP contribution in [-0.2, 0) is 19.6 Å². The second-order valence-electron chi connectivity index (χ2n) is 7.38. The number of hydrogen-bond acceptors (Lipinski definition) is 5. The predicted octanol–water partition coefficient (Wildman–Crippen LogP) is 1.33. The summed E-state index contributed by atoms with van der Waals surface area (Å²) in [5.74, 6) is -1.69. The summed E-state index contributed by atoms with van der Waals surface area (Å²) in [7, 11) is -3.50. The predicted molar refractivity (Wildman–Crippen MR) is 95.1 cm³/mol. The van der Waals surface area contributed by atoms with Crippen molar-refractivity contribution in [1.29, 1.82) is 0 Å². The zero-order valence-corrected chi connectivity index (χ0v) is 15.9. The molecule has 26 heavy (non-hydrogen) atoms. The largest absolute Gasteiger partial charge is 0.481 e. The van der Waals surface area contributed by atoms with Crippen LogP contribution in [0.3, 0.4) is 0 Å². The van der Waals surface area contributed by atoms with Crippen molar-refractivity contribution < 1.29 is 23.1 Å². The summed E-state index contributed by atoms with van der Waals surface area (Å²) in [5.41, 5.74) is 0. The molecule has 1 N–H and O–H groups in total. The van der Waals surface area contributed by atoms with Crippen molar-refractivity contribution in [3.05, 3.63) is 17.5 Å². The van der Waals surface area contributed by atoms with E-state index in [1.807, 2.05) is 0 Å². The second kappa shape index (κ2) is 6.61. The highest BCUT2D eigenvalue weighted by atomic mass is 32.2. The first kappa shape index (κ1) is 17.9. The van der Waals surface area contributed by atoms with Gasteiger partial charge >= 0.3 is 5.97 Å². The van der Waals surface area contributed by atoms with Crippen LogP contribution in [-0.4, -0.2) is 60.8 Å². The van der Waals surface area contributed by atoms with Crippen molar-refractivity contribution in [2.45, 2.75) is 23.5 Å². The minimum atomic E-state index is -3.50. The molecule has 1 amide bonds. The number of fused-ring (bicyclic) bond motifs is 2. The minimum Gasteiger partial charge on any atom is -0.481 e. The molecule has 1 saturated heterocycles. The summed E-state index contributed by atoms with van der Waals surface area (Å²) in [6, 6.07) is 3.29. The molecule has 1 aliphatic heterocycles. The maximum atomic E-state index is 13.0. The fourth-order valence-electron chi connectivity index (χ4n) is 4.90. The lowest BCUT2D eigenvalue weighted by Gasteiger charge is -2.37. The Balaban J connectivity index is 1.43. The van der Waals surface area contributed by atoms with E-state index in [1.165, 1.54) is 15.6 Å². The molecule has 7 nitrogen and oxygen atoms in total. The van der Waals surface area contributed by atoms with Crippen molar-refractivity contribution in [2.75, 3.05) is 26.2 Å². The summed E-state index contributed by atoms with van der Waals surface area (Å²) in [6.07, 6.45) is 2.66. The topological polar surface area (TPSA) is 95.0 Å². The average Bonchev–Trinajstić information content (AvgIpc) is 3.37. The Morgan fingerprint density at radius 3 is 2.31 bits per heavy atom. The number of carbonyl (C=O) groups is 2. The fraction of sp³-hybridized carbons (Fsp3) is 0.647. The molecule has 0 radical (unpaired) electrons. The van der Waals surface area contributed by atoms with Gasteiger partial charge in [0.15, 0.2) is 0 Å². The SMILES string of the molecule is O=C(O)[C@H]1[C@H]2CC[C@@H](C2)[C@@H]1C(=O)N1CCN(S(=O)(=O)c2cccs2)CC1. The van der Waals surface area contributed by atoms with Gasteiger partial charge < -0.3 is 10.0 Å². The lowest BCUT2D eigenvalue weighted by molar-refractivity contribution is -0.153. The zero-order chi connectivity index (χ0) is 18.5. The van der Waals surface area contributed by atoms with Crippen LogP contribution in [0, 0.1) is 23.7 Å². The van der Waals surface area contributed by atoms with E-state index in [0.29, 0.717) is 17.3 Å². The van der Waals surface area contributed by atoms with Crippen LogP contribution in [0.15, 0.2) is 21.7 Å². The Bertz CT molecular complexity index is 799. The van der Waals surface area contributed by atoms with Crippen molar-refractivity contribution in [2.24, 2.45) is 23.7 Å². The molecule has 1 aromatic rings. The van der Waals surface area contributed by atoms with E-state index in [1.54, 1.807) is 22.4 Å². The Kier molecular flexibility index (Phi) is 4.56. The summed E-state index contributed by atoms with van der Waals surface area (Å²) in [6.45, 7) is 1.16. The zero-order valence-electron chi connectivity index (χ0n) is 14.3. The highest BCUT2D eigenvalue weighted by molar-refractivity contribution is 7.91. The summed E-state index contributed by atoms with van der Waals surface area (Å²) < 4.78 is 26.9. The molecule has 142 valence electrons. The maximum Gasteiger partial charge on any atom is 0.307 e. The van der Waals surface area contributed by atoms with Crippen molar-refractivity contribution in [1.82, 2.24) is 9.21 Å². The number of hydrogen-bond donors (Lipinski definition) is 1. The van der Waals surface area contributed by atoms with Gasteiger partial charge in [-0.1, -0.05) is 6.07 Å². The molecule has 3 fully saturated rings. The van der Waals surface area contributed by atoms with Gasteiger partial charge in [-0.15, -0.1) is 11.3 Å². The average molecular weight is 399 g/mol. The number of carboxylic acid groups (broad SMARTS) is 1. The number of piperazine rings is 1. The third-order valence-corrected chi connectivity index (χ3v) is 9.40. The standard InChI is InChI=1S/C17H22N2O5S2/c20-16(14-11-3-4-12(10-11)15(14)17(21)22)18-5-7-19(8-6-18)26(23,24)13-2-1-9-25-13/h1-2,9,11-12,14-15H,3-8,10H2,(H,21,22)/t11-,12-,14-,15-/m0/s1. The second-order valence-corrected chi connectivity index (χ2v) is 10.5. The molecule has 9 heteroatoms. The molecule has 0 unspecified atom stereocenters. The van der Waals surface area contributed by atoms with Crippen LogP contribution in [0.4, 0.5) is 0 Å². The van der Waals surface area contributed by atoms with Crippen LogP contribution in [0.1, 0.15) is 19.3 Å². The molecule has 4 atom stereocenters. The molecular weight excluding hydrogens is 376 g/mol. The molecule has 4 rings (SSSR count). The quantitative estimate of drug-likeness (QED) is 0.826. The molecule has 1 aromatic heterocycles. The molecular formula is C17H22N2O5S2. The molecule has 2 heterocycles. The summed E-state index contributed by atoms with van der Waals surface area (Å²) >= 11 is 1.19. The number of carbonyl (C=O) groups excluding carboxylic acids is 1. The van der Waals surface area contributed by atoms with Gasteiger partial charge in [-0.2, -0.15) is 4.31 Å². The first-order chi connectivity index (χ1) is 12.4. The monoisotopic (exact) mass is 398 g/mol. The summed E-state index contributed by atoms with van der Waals surface area (Å²) in [5, 5.41) is 11.3. The van der Waals surface area contributed by atoms with Gasteiger partial charge in [-0.25, -0.2) is 8.42 Å². The molecule has 0 spiro atoms. The van der Waals surface area contributed by atoms with Crippen LogP contribution in [0.5, 0.6) is 0 Å². The highest BCUT2D eigenvalue weighted by Crippen LogP contribution is 2.53. The number of rotatable bonds is 4. The number of carboxylic acids is 1. The van der Waals surface area contributed by atoms with Crippen molar-refractivity contribution in [3.8, 4) is 0 Å². The van der Waals surface area contributed by atoms with Crippen molar-refractivity contribution in [3.63, 3.8) is 0 Å². The normalized spacial score (nSPS) is 32.1. The molecule has 3 aliphatic rings. The minimum absolute atomic E-state index is 0.0993. The first-order valence-corrected chi connectivity index (χ1v) is 11.3. The maximum absolute atomic E-state index is 13.0. The van der Waals surface area contributed by atoms with Gasteiger partial charge in [0.2, 0.25) is 5.91 Å². The van der Waals surface area contributed by atoms with Crippen LogP contribution in [0.2, 0.25) is 0 Å². The first-order valence-electron chi connectivity index (χ1n) is 8.95. The van der Waals surface area contributed by atoms with E-state index in [-0.39, 0.29) is 30.8 Å². The lowest BCUT2D eigenvalue weighted by atomic mass is 9.78. The molecule has 0 aromatic carbocycles. The number of nitrogens with zero attached hydrogens (tertiary/aromatic N) is 2. The van der Waals surface area contributed by atoms with Gasteiger partial charge in [0.25, 0.3) is 10.0 Å². The Morgan fingerprint density at radius 2 is 1.73 bits per heavy atom. The lowest BCUT2D eigenvalue weighted by Crippen LogP contribution is -2.53. The van der Waals surface area contributed by atoms with Gasteiger partial charge in [0.05, 0.1) is 11.8 Å². The third-order valence-electron chi connectivity index (χ3n) is 6.13. The third kappa shape index (κ3) is 2.86. The summed E-state index contributed by atoms with van der Waals surface area (Å²) in [4.78, 5) is 26.3. The smallest absolute Gasteiger partial charge is 0.307 e. The number of sulfonamides is 1. The van der Waals surface area contributed by atoms with Gasteiger partial charge in [-0.05, 0) is 42.5 Å². The van der Waals surface area contributed by atoms with E-state index in [4.69, 9.17) is 0 Å². The number of amides is 1. The van der Waals surface area contributed by atoms with Gasteiger partial charge in [0.1, 0.15) is 4.21 Å². The number of aliphatic carboxylic acids is 1. The van der Waals surface area contributed by atoms with E-state index < -0.39 is 27.8 Å². The molecule has 2 aliphatic carbocycles. The van der Waals surface area contributed by atoms with E-state index in [0.717, 1.165) is 19.3 Å². The van der Waals surface area contributed by atoms with E-state index in [9.17, 15) is 23.1 Å². The highest BCUT2D eigenvalue weighted by Gasteiger charge is 2.55. The van der Waals surface area contributed by atoms with Gasteiger partial charge in [-0.3, -0.25) is 9.59 Å². The number of thiophene rings is 1. The van der Waals surface area contributed by atoms with E-state index in [2.05, 4.69) is 0 Å². The molecule has 2 bridgehead atoms. The Hall–Kier alpha value is -1.45. The van der Waals surface area contributed by atoms with Crippen LogP contribution < -0.4 is 0 Å². The fourth-order valence-corrected chi connectivity index (χ4v) is 7.47. The molecule has 2 saturated carbocycles. The Morgan fingerprint density at radius 1 is 1.08 bits per heavy atom. The van der Waals surface area contributed by atoms with Crippen LogP contribution in [0.25, 0.3) is 0 Å². The van der Waals surface area contributed by atoms with Crippen molar-refractivity contribution >= 4 is 33.2 Å². The van der Waals surface area contributed by atoms with Crippen LogP contribution >= 0.6 is 11.3 Å². The van der Waals surface area contributed by atoms with Gasteiger partial charge in [0, 0.05) is 26.2 Å².